The molecule has 1 heterocycles. The summed E-state index contributed by atoms with van der Waals surface area (Å²) < 4.78 is 0. The van der Waals surface area contributed by atoms with Crippen LogP contribution < -0.4 is 10.6 Å². The van der Waals surface area contributed by atoms with E-state index in [1.54, 1.807) is 16.7 Å². The highest BCUT2D eigenvalue weighted by Crippen LogP contribution is 2.31. The predicted molar refractivity (Wildman–Crippen MR) is 88.6 cm³/mol. The molecule has 2 rings (SSSR count). The molecule has 0 saturated carbocycles. The number of benzene rings is 1. The second kappa shape index (κ2) is 6.45. The van der Waals surface area contributed by atoms with Gasteiger partial charge in [-0.3, -0.25) is 4.79 Å². The van der Waals surface area contributed by atoms with Crippen LogP contribution in [0.15, 0.2) is 23.1 Å². The summed E-state index contributed by atoms with van der Waals surface area (Å²) in [5.74, 6) is 1.08. The number of hydrogen-bond acceptors (Lipinski definition) is 4. The molecule has 1 amide bonds. The number of carbonyl (C=O) groups is 1. The lowest BCUT2D eigenvalue weighted by atomic mass is 10.1. The second-order valence-electron chi connectivity index (χ2n) is 4.68. The van der Waals surface area contributed by atoms with Gasteiger partial charge in [0.15, 0.2) is 0 Å². The van der Waals surface area contributed by atoms with Crippen LogP contribution in [-0.4, -0.2) is 48.2 Å². The summed E-state index contributed by atoms with van der Waals surface area (Å²) in [6, 6.07) is 6.02. The number of amides is 1. The molecular weight excluding hydrogens is 290 g/mol. The molecule has 0 aromatic heterocycles. The van der Waals surface area contributed by atoms with Crippen LogP contribution in [0.5, 0.6) is 0 Å². The van der Waals surface area contributed by atoms with Crippen molar-refractivity contribution >= 4 is 40.6 Å². The maximum atomic E-state index is 11.9. The van der Waals surface area contributed by atoms with Crippen molar-refractivity contribution < 1.29 is 4.79 Å². The molecule has 0 unspecified atom stereocenters. The number of carbonyl (C=O) groups excluding carboxylic acids is 1. The minimum atomic E-state index is 0.124. The van der Waals surface area contributed by atoms with Gasteiger partial charge in [0, 0.05) is 36.3 Å². The van der Waals surface area contributed by atoms with Gasteiger partial charge < -0.3 is 15.5 Å². The smallest absolute Gasteiger partial charge is 0.241 e. The molecule has 1 aromatic carbocycles. The van der Waals surface area contributed by atoms with Crippen LogP contribution in [0, 0.1) is 0 Å². The van der Waals surface area contributed by atoms with E-state index in [4.69, 9.17) is 18.0 Å². The number of thiocarbonyl (C=S) groups is 1. The van der Waals surface area contributed by atoms with Crippen molar-refractivity contribution in [1.29, 1.82) is 0 Å². The minimum absolute atomic E-state index is 0.124. The maximum Gasteiger partial charge on any atom is 0.241 e. The van der Waals surface area contributed by atoms with Gasteiger partial charge in [-0.15, -0.1) is 11.8 Å². The first kappa shape index (κ1) is 15.1. The Labute approximate surface area is 129 Å². The SMILES string of the molecule is CCSc1cccc(N2CCN(C)C(=O)C2)c1C(N)=S. The minimum Gasteiger partial charge on any atom is -0.389 e. The molecule has 0 atom stereocenters. The van der Waals surface area contributed by atoms with Gasteiger partial charge in [-0.25, -0.2) is 0 Å². The molecule has 1 aliphatic rings. The highest BCUT2D eigenvalue weighted by atomic mass is 32.2. The number of rotatable bonds is 4. The van der Waals surface area contributed by atoms with Gasteiger partial charge in [0.05, 0.1) is 6.54 Å². The molecule has 1 fully saturated rings. The fourth-order valence-corrected chi connectivity index (χ4v) is 3.39. The standard InChI is InChI=1S/C14H19N3OS2/c1-3-20-11-6-4-5-10(13(11)14(15)19)17-8-7-16(2)12(18)9-17/h4-6H,3,7-9H2,1-2H3,(H2,15,19). The van der Waals surface area contributed by atoms with Crippen LogP contribution in [0.3, 0.4) is 0 Å². The van der Waals surface area contributed by atoms with Gasteiger partial charge in [-0.1, -0.05) is 25.2 Å². The van der Waals surface area contributed by atoms with E-state index in [0.717, 1.165) is 35.0 Å². The van der Waals surface area contributed by atoms with Crippen LogP contribution in [-0.2, 0) is 4.79 Å². The van der Waals surface area contributed by atoms with E-state index < -0.39 is 0 Å². The quantitative estimate of drug-likeness (QED) is 0.678. The molecule has 2 N–H and O–H groups in total. The summed E-state index contributed by atoms with van der Waals surface area (Å²) in [5, 5.41) is 0. The fourth-order valence-electron chi connectivity index (χ4n) is 2.27. The largest absolute Gasteiger partial charge is 0.389 e. The van der Waals surface area contributed by atoms with Crippen LogP contribution in [0.1, 0.15) is 12.5 Å². The molecular formula is C14H19N3OS2. The van der Waals surface area contributed by atoms with Crippen molar-refractivity contribution in [2.45, 2.75) is 11.8 Å². The Morgan fingerprint density at radius 2 is 2.20 bits per heavy atom. The summed E-state index contributed by atoms with van der Waals surface area (Å²) in [6.45, 7) is 4.01. The van der Waals surface area contributed by atoms with E-state index in [0.29, 0.717) is 11.5 Å². The highest BCUT2D eigenvalue weighted by Gasteiger charge is 2.24. The summed E-state index contributed by atoms with van der Waals surface area (Å²) in [7, 11) is 1.83. The average Bonchev–Trinajstić information content (AvgIpc) is 2.42. The predicted octanol–water partition coefficient (Wildman–Crippen LogP) is 1.71. The topological polar surface area (TPSA) is 49.6 Å². The maximum absolute atomic E-state index is 11.9. The third-order valence-electron chi connectivity index (χ3n) is 3.35. The Kier molecular flexibility index (Phi) is 4.88. The van der Waals surface area contributed by atoms with Crippen molar-refractivity contribution in [3.63, 3.8) is 0 Å². The van der Waals surface area contributed by atoms with Crippen LogP contribution in [0.4, 0.5) is 5.69 Å². The van der Waals surface area contributed by atoms with Gasteiger partial charge in [-0.05, 0) is 17.9 Å². The van der Waals surface area contributed by atoms with Gasteiger partial charge in [0.2, 0.25) is 5.91 Å². The summed E-state index contributed by atoms with van der Waals surface area (Å²) in [4.78, 5) is 17.2. The Bertz CT molecular complexity index is 533. The lowest BCUT2D eigenvalue weighted by molar-refractivity contribution is -0.129. The molecule has 108 valence electrons. The van der Waals surface area contributed by atoms with Crippen molar-refractivity contribution in [3.05, 3.63) is 23.8 Å². The Hall–Kier alpha value is -1.27. The van der Waals surface area contributed by atoms with E-state index >= 15 is 0 Å². The molecule has 0 aliphatic carbocycles. The molecule has 1 aromatic rings. The third kappa shape index (κ3) is 3.07. The molecule has 1 aliphatic heterocycles. The number of likely N-dealkylation sites (N-methyl/N-ethyl adjacent to an activating group) is 1. The lowest BCUT2D eigenvalue weighted by Gasteiger charge is -2.34. The molecule has 0 bridgehead atoms. The van der Waals surface area contributed by atoms with Gasteiger partial charge >= 0.3 is 0 Å². The second-order valence-corrected chi connectivity index (χ2v) is 6.43. The van der Waals surface area contributed by atoms with E-state index in [1.807, 2.05) is 25.2 Å². The zero-order valence-corrected chi connectivity index (χ0v) is 13.4. The summed E-state index contributed by atoms with van der Waals surface area (Å²) >= 11 is 6.94. The number of nitrogens with zero attached hydrogens (tertiary/aromatic N) is 2. The zero-order chi connectivity index (χ0) is 14.7. The summed E-state index contributed by atoms with van der Waals surface area (Å²) in [5.41, 5.74) is 7.78. The zero-order valence-electron chi connectivity index (χ0n) is 11.8. The molecule has 20 heavy (non-hydrogen) atoms. The number of thioether (sulfide) groups is 1. The van der Waals surface area contributed by atoms with Crippen molar-refractivity contribution in [2.75, 3.05) is 37.3 Å². The van der Waals surface area contributed by atoms with E-state index in [1.165, 1.54) is 0 Å². The molecule has 6 heteroatoms. The highest BCUT2D eigenvalue weighted by molar-refractivity contribution is 7.99. The lowest BCUT2D eigenvalue weighted by Crippen LogP contribution is -2.49. The Morgan fingerprint density at radius 3 is 2.80 bits per heavy atom. The van der Waals surface area contributed by atoms with Crippen molar-refractivity contribution in [1.82, 2.24) is 4.90 Å². The van der Waals surface area contributed by atoms with Crippen LogP contribution >= 0.6 is 24.0 Å². The van der Waals surface area contributed by atoms with E-state index in [9.17, 15) is 4.79 Å². The molecule has 1 saturated heterocycles. The third-order valence-corrected chi connectivity index (χ3v) is 4.49. The van der Waals surface area contributed by atoms with E-state index in [-0.39, 0.29) is 5.91 Å². The molecule has 4 nitrogen and oxygen atoms in total. The first-order valence-corrected chi connectivity index (χ1v) is 7.98. The molecule has 0 radical (unpaired) electrons. The Balaban J connectivity index is 2.38. The monoisotopic (exact) mass is 309 g/mol. The van der Waals surface area contributed by atoms with Crippen LogP contribution in [0.25, 0.3) is 0 Å². The fraction of sp³-hybridized carbons (Fsp3) is 0.429. The average molecular weight is 309 g/mol. The van der Waals surface area contributed by atoms with E-state index in [2.05, 4.69) is 11.8 Å². The normalized spacial score (nSPS) is 15.6. The van der Waals surface area contributed by atoms with Gasteiger partial charge in [-0.2, -0.15) is 0 Å². The van der Waals surface area contributed by atoms with Crippen molar-refractivity contribution in [3.8, 4) is 0 Å². The number of nitrogens with two attached hydrogens (primary N) is 1. The van der Waals surface area contributed by atoms with Crippen LogP contribution in [0.2, 0.25) is 0 Å². The molecule has 0 spiro atoms. The Morgan fingerprint density at radius 1 is 1.45 bits per heavy atom. The van der Waals surface area contributed by atoms with Gasteiger partial charge in [0.1, 0.15) is 4.99 Å². The first-order valence-electron chi connectivity index (χ1n) is 6.59. The van der Waals surface area contributed by atoms with Crippen molar-refractivity contribution in [2.24, 2.45) is 5.73 Å². The summed E-state index contributed by atoms with van der Waals surface area (Å²) in [6.07, 6.45) is 0. The number of hydrogen-bond donors (Lipinski definition) is 1. The number of piperazine rings is 1. The first-order chi connectivity index (χ1) is 9.54. The number of anilines is 1. The van der Waals surface area contributed by atoms with Gasteiger partial charge in [0.25, 0.3) is 0 Å².